The summed E-state index contributed by atoms with van der Waals surface area (Å²) >= 11 is 5.60. The van der Waals surface area contributed by atoms with E-state index in [-0.39, 0.29) is 10.9 Å². The number of rotatable bonds is 0. The van der Waals surface area contributed by atoms with E-state index in [2.05, 4.69) is 9.97 Å². The summed E-state index contributed by atoms with van der Waals surface area (Å²) in [6.07, 6.45) is 2.29. The molecule has 0 saturated carbocycles. The molecule has 0 aliphatic carbocycles. The van der Waals surface area contributed by atoms with Crippen molar-refractivity contribution in [3.05, 3.63) is 39.7 Å². The standard InChI is InChI=1S/C8H4ClFN2O/c9-4-1-5-6(10)3-12-8(13)7(5)11-2-4/h1-3H,(H,12,13). The Bertz CT molecular complexity index is 523. The van der Waals surface area contributed by atoms with Gasteiger partial charge in [0.25, 0.3) is 5.56 Å². The van der Waals surface area contributed by atoms with Crippen molar-refractivity contribution in [3.8, 4) is 0 Å². The summed E-state index contributed by atoms with van der Waals surface area (Å²) in [4.78, 5) is 17.1. The number of halogens is 2. The van der Waals surface area contributed by atoms with Crippen LogP contribution >= 0.6 is 11.6 Å². The van der Waals surface area contributed by atoms with Gasteiger partial charge in [-0.2, -0.15) is 0 Å². The van der Waals surface area contributed by atoms with Crippen molar-refractivity contribution in [2.24, 2.45) is 0 Å². The summed E-state index contributed by atoms with van der Waals surface area (Å²) in [5.74, 6) is -0.537. The van der Waals surface area contributed by atoms with Gasteiger partial charge in [-0.1, -0.05) is 11.6 Å². The minimum Gasteiger partial charge on any atom is -0.324 e. The van der Waals surface area contributed by atoms with Crippen LogP contribution in [0.1, 0.15) is 0 Å². The number of pyridine rings is 2. The van der Waals surface area contributed by atoms with Gasteiger partial charge in [-0.15, -0.1) is 0 Å². The summed E-state index contributed by atoms with van der Waals surface area (Å²) in [6, 6.07) is 1.37. The second-order valence-corrected chi connectivity index (χ2v) is 2.95. The van der Waals surface area contributed by atoms with Crippen LogP contribution in [0.25, 0.3) is 10.9 Å². The molecule has 13 heavy (non-hydrogen) atoms. The average molecular weight is 199 g/mol. The smallest absolute Gasteiger partial charge is 0.274 e. The van der Waals surface area contributed by atoms with Crippen LogP contribution < -0.4 is 5.56 Å². The van der Waals surface area contributed by atoms with Crippen molar-refractivity contribution in [1.29, 1.82) is 0 Å². The molecule has 3 nitrogen and oxygen atoms in total. The highest BCUT2D eigenvalue weighted by atomic mass is 35.5. The highest BCUT2D eigenvalue weighted by Gasteiger charge is 2.05. The van der Waals surface area contributed by atoms with Crippen LogP contribution in [0.4, 0.5) is 4.39 Å². The van der Waals surface area contributed by atoms with Gasteiger partial charge in [0.1, 0.15) is 11.3 Å². The van der Waals surface area contributed by atoms with E-state index in [1.54, 1.807) is 0 Å². The van der Waals surface area contributed by atoms with Crippen LogP contribution in [0.15, 0.2) is 23.3 Å². The minimum absolute atomic E-state index is 0.0596. The predicted molar refractivity (Wildman–Crippen MR) is 47.3 cm³/mol. The van der Waals surface area contributed by atoms with Crippen molar-refractivity contribution in [2.45, 2.75) is 0 Å². The molecular weight excluding hydrogens is 195 g/mol. The van der Waals surface area contributed by atoms with E-state index in [1.807, 2.05) is 0 Å². The van der Waals surface area contributed by atoms with E-state index in [1.165, 1.54) is 12.3 Å². The van der Waals surface area contributed by atoms with Gasteiger partial charge in [0.2, 0.25) is 0 Å². The number of fused-ring (bicyclic) bond motifs is 1. The first-order valence-corrected chi connectivity index (χ1v) is 3.89. The third-order valence-corrected chi connectivity index (χ3v) is 1.86. The second-order valence-electron chi connectivity index (χ2n) is 2.52. The third kappa shape index (κ3) is 1.29. The van der Waals surface area contributed by atoms with E-state index >= 15 is 0 Å². The van der Waals surface area contributed by atoms with Crippen molar-refractivity contribution in [2.75, 3.05) is 0 Å². The topological polar surface area (TPSA) is 45.8 Å². The molecule has 0 aliphatic rings. The van der Waals surface area contributed by atoms with Crippen molar-refractivity contribution >= 4 is 22.5 Å². The van der Waals surface area contributed by atoms with Gasteiger partial charge < -0.3 is 4.98 Å². The van der Waals surface area contributed by atoms with Gasteiger partial charge in [-0.3, -0.25) is 4.79 Å². The lowest BCUT2D eigenvalue weighted by Crippen LogP contribution is -2.07. The first-order valence-electron chi connectivity index (χ1n) is 3.51. The van der Waals surface area contributed by atoms with Gasteiger partial charge in [-0.05, 0) is 6.07 Å². The summed E-state index contributed by atoms with van der Waals surface area (Å²) in [6.45, 7) is 0. The van der Waals surface area contributed by atoms with Gasteiger partial charge in [0.05, 0.1) is 5.02 Å². The van der Waals surface area contributed by atoms with Crippen LogP contribution in [0, 0.1) is 5.82 Å². The molecule has 2 rings (SSSR count). The van der Waals surface area contributed by atoms with Crippen molar-refractivity contribution in [3.63, 3.8) is 0 Å². The fourth-order valence-electron chi connectivity index (χ4n) is 1.08. The Balaban J connectivity index is 3.01. The monoisotopic (exact) mass is 198 g/mol. The molecule has 0 fully saturated rings. The summed E-state index contributed by atoms with van der Waals surface area (Å²) < 4.78 is 13.1. The average Bonchev–Trinajstić information content (AvgIpc) is 2.12. The molecular formula is C8H4ClFN2O. The number of nitrogens with zero attached hydrogens (tertiary/aromatic N) is 1. The Morgan fingerprint density at radius 2 is 2.31 bits per heavy atom. The second kappa shape index (κ2) is 2.81. The van der Waals surface area contributed by atoms with E-state index < -0.39 is 11.4 Å². The number of hydrogen-bond donors (Lipinski definition) is 1. The maximum Gasteiger partial charge on any atom is 0.274 e. The Kier molecular flexibility index (Phi) is 1.77. The molecule has 66 valence electrons. The third-order valence-electron chi connectivity index (χ3n) is 1.66. The van der Waals surface area contributed by atoms with Gasteiger partial charge in [0.15, 0.2) is 0 Å². The Hall–Kier alpha value is -1.42. The SMILES string of the molecule is O=c1[nH]cc(F)c2cc(Cl)cnc12. The lowest BCUT2D eigenvalue weighted by molar-refractivity contribution is 0.632. The molecule has 0 aromatic carbocycles. The Labute approximate surface area is 77.2 Å². The zero-order valence-corrected chi connectivity index (χ0v) is 7.10. The van der Waals surface area contributed by atoms with E-state index in [9.17, 15) is 9.18 Å². The van der Waals surface area contributed by atoms with Crippen LogP contribution in [-0.4, -0.2) is 9.97 Å². The molecule has 1 N–H and O–H groups in total. The van der Waals surface area contributed by atoms with E-state index in [0.717, 1.165) is 6.20 Å². The number of H-pyrrole nitrogens is 1. The van der Waals surface area contributed by atoms with Crippen LogP contribution in [0.5, 0.6) is 0 Å². The maximum atomic E-state index is 13.1. The normalized spacial score (nSPS) is 10.6. The maximum absolute atomic E-state index is 13.1. The molecule has 5 heteroatoms. The summed E-state index contributed by atoms with van der Waals surface area (Å²) in [5.41, 5.74) is -0.363. The zero-order chi connectivity index (χ0) is 9.42. The van der Waals surface area contributed by atoms with Gasteiger partial charge in [0, 0.05) is 17.8 Å². The fraction of sp³-hybridized carbons (Fsp3) is 0. The van der Waals surface area contributed by atoms with Crippen LogP contribution in [0.3, 0.4) is 0 Å². The number of aromatic amines is 1. The van der Waals surface area contributed by atoms with E-state index in [0.29, 0.717) is 5.02 Å². The van der Waals surface area contributed by atoms with Crippen LogP contribution in [0.2, 0.25) is 5.02 Å². The molecule has 0 unspecified atom stereocenters. The zero-order valence-electron chi connectivity index (χ0n) is 6.34. The lowest BCUT2D eigenvalue weighted by Gasteiger charge is -1.97. The predicted octanol–water partition coefficient (Wildman–Crippen LogP) is 1.72. The van der Waals surface area contributed by atoms with Crippen LogP contribution in [-0.2, 0) is 0 Å². The van der Waals surface area contributed by atoms with Gasteiger partial charge >= 0.3 is 0 Å². The molecule has 0 radical (unpaired) electrons. The molecule has 0 saturated heterocycles. The first-order chi connectivity index (χ1) is 6.18. The highest BCUT2D eigenvalue weighted by molar-refractivity contribution is 6.31. The summed E-state index contributed by atoms with van der Waals surface area (Å²) in [7, 11) is 0. The Morgan fingerprint density at radius 1 is 1.54 bits per heavy atom. The number of aromatic nitrogens is 2. The molecule has 0 aliphatic heterocycles. The molecule has 0 spiro atoms. The first kappa shape index (κ1) is 8.19. The molecule has 2 aromatic heterocycles. The Morgan fingerprint density at radius 3 is 3.08 bits per heavy atom. The van der Waals surface area contributed by atoms with E-state index in [4.69, 9.17) is 11.6 Å². The van der Waals surface area contributed by atoms with Crippen molar-refractivity contribution < 1.29 is 4.39 Å². The summed E-state index contributed by atoms with van der Waals surface area (Å²) in [5, 5.41) is 0.438. The molecule has 0 amide bonds. The fourth-order valence-corrected chi connectivity index (χ4v) is 1.24. The molecule has 0 bridgehead atoms. The molecule has 2 aromatic rings. The van der Waals surface area contributed by atoms with Crippen molar-refractivity contribution in [1.82, 2.24) is 9.97 Å². The minimum atomic E-state index is -0.537. The van der Waals surface area contributed by atoms with Gasteiger partial charge in [-0.25, -0.2) is 9.37 Å². The highest BCUT2D eigenvalue weighted by Crippen LogP contribution is 2.15. The largest absolute Gasteiger partial charge is 0.324 e. The molecule has 0 atom stereocenters. The molecule has 2 heterocycles. The lowest BCUT2D eigenvalue weighted by atomic mass is 10.2. The quantitative estimate of drug-likeness (QED) is 0.701. The number of hydrogen-bond acceptors (Lipinski definition) is 2. The number of nitrogens with one attached hydrogen (secondary N) is 1.